The highest BCUT2D eigenvalue weighted by molar-refractivity contribution is 5.70. The third kappa shape index (κ3) is 6.09. The van der Waals surface area contributed by atoms with Crippen LogP contribution >= 0.6 is 0 Å². The van der Waals surface area contributed by atoms with Crippen LogP contribution < -0.4 is 0 Å². The fourth-order valence-corrected chi connectivity index (χ4v) is 2.62. The minimum absolute atomic E-state index is 0.00157. The lowest BCUT2D eigenvalue weighted by molar-refractivity contribution is -0.165. The minimum Gasteiger partial charge on any atom is -0.459 e. The molecule has 0 radical (unpaired) electrons. The van der Waals surface area contributed by atoms with Crippen LogP contribution in [0.2, 0.25) is 0 Å². The van der Waals surface area contributed by atoms with Crippen molar-refractivity contribution in [3.8, 4) is 0 Å². The molecule has 2 heteroatoms. The highest BCUT2D eigenvalue weighted by Gasteiger charge is 2.31. The Morgan fingerprint density at radius 3 is 2.41 bits per heavy atom. The highest BCUT2D eigenvalue weighted by atomic mass is 16.6. The summed E-state index contributed by atoms with van der Waals surface area (Å²) in [6.07, 6.45) is 13.0. The first-order valence-electron chi connectivity index (χ1n) is 7.38. The van der Waals surface area contributed by atoms with Gasteiger partial charge in [0.15, 0.2) is 0 Å². The van der Waals surface area contributed by atoms with E-state index in [0.29, 0.717) is 6.42 Å². The van der Waals surface area contributed by atoms with Gasteiger partial charge in [0.1, 0.15) is 5.60 Å². The van der Waals surface area contributed by atoms with E-state index in [1.165, 1.54) is 44.9 Å². The largest absolute Gasteiger partial charge is 0.459 e. The molecule has 17 heavy (non-hydrogen) atoms. The molecule has 1 unspecified atom stereocenters. The molecule has 1 saturated heterocycles. The lowest BCUT2D eigenvalue weighted by atomic mass is 9.90. The molecule has 0 amide bonds. The fraction of sp³-hybridized carbons (Fsp3) is 0.933. The third-order valence-electron chi connectivity index (χ3n) is 3.76. The zero-order chi connectivity index (χ0) is 12.6. The van der Waals surface area contributed by atoms with E-state index in [1.807, 2.05) is 0 Å². The van der Waals surface area contributed by atoms with Crippen LogP contribution in [-0.4, -0.2) is 11.6 Å². The molecular weight excluding hydrogens is 212 g/mol. The van der Waals surface area contributed by atoms with E-state index < -0.39 is 0 Å². The molecule has 1 aliphatic heterocycles. The van der Waals surface area contributed by atoms with Gasteiger partial charge in [-0.1, -0.05) is 45.4 Å². The maximum atomic E-state index is 11.3. The van der Waals surface area contributed by atoms with Crippen molar-refractivity contribution in [2.45, 2.75) is 90.1 Å². The van der Waals surface area contributed by atoms with Gasteiger partial charge in [0.25, 0.3) is 0 Å². The summed E-state index contributed by atoms with van der Waals surface area (Å²) in [6, 6.07) is 0. The first-order chi connectivity index (χ1) is 8.16. The second-order valence-corrected chi connectivity index (χ2v) is 5.65. The van der Waals surface area contributed by atoms with Crippen LogP contribution in [0.1, 0.15) is 84.5 Å². The number of unbranched alkanes of at least 4 members (excludes halogenated alkanes) is 6. The monoisotopic (exact) mass is 240 g/mol. The van der Waals surface area contributed by atoms with Crippen LogP contribution in [0.25, 0.3) is 0 Å². The molecule has 0 saturated carbocycles. The summed E-state index contributed by atoms with van der Waals surface area (Å²) in [7, 11) is 0. The van der Waals surface area contributed by atoms with Crippen LogP contribution in [0.3, 0.4) is 0 Å². The Morgan fingerprint density at radius 2 is 1.76 bits per heavy atom. The molecular formula is C15H28O2. The third-order valence-corrected chi connectivity index (χ3v) is 3.76. The van der Waals surface area contributed by atoms with Crippen LogP contribution in [0.5, 0.6) is 0 Å². The Morgan fingerprint density at radius 1 is 1.12 bits per heavy atom. The van der Waals surface area contributed by atoms with E-state index in [1.54, 1.807) is 0 Å². The fourth-order valence-electron chi connectivity index (χ4n) is 2.62. The van der Waals surface area contributed by atoms with E-state index in [2.05, 4.69) is 13.8 Å². The van der Waals surface area contributed by atoms with E-state index in [-0.39, 0.29) is 11.6 Å². The summed E-state index contributed by atoms with van der Waals surface area (Å²) < 4.78 is 5.48. The van der Waals surface area contributed by atoms with Gasteiger partial charge in [-0.2, -0.15) is 0 Å². The average molecular weight is 240 g/mol. The lowest BCUT2D eigenvalue weighted by Gasteiger charge is -2.33. The molecule has 1 atom stereocenters. The van der Waals surface area contributed by atoms with Gasteiger partial charge in [-0.15, -0.1) is 0 Å². The molecule has 1 aliphatic rings. The normalized spacial score (nSPS) is 24.7. The van der Waals surface area contributed by atoms with Gasteiger partial charge < -0.3 is 4.74 Å². The molecule has 0 bridgehead atoms. The molecule has 0 N–H and O–H groups in total. The number of carbonyl (C=O) groups is 1. The van der Waals surface area contributed by atoms with Gasteiger partial charge in [0, 0.05) is 6.42 Å². The molecule has 0 aromatic heterocycles. The Kier molecular flexibility index (Phi) is 6.61. The van der Waals surface area contributed by atoms with Crippen molar-refractivity contribution in [3.63, 3.8) is 0 Å². The van der Waals surface area contributed by atoms with Crippen LogP contribution in [0.4, 0.5) is 0 Å². The van der Waals surface area contributed by atoms with Crippen LogP contribution in [0, 0.1) is 0 Å². The molecule has 2 nitrogen and oxygen atoms in total. The van der Waals surface area contributed by atoms with E-state index >= 15 is 0 Å². The molecule has 1 rings (SSSR count). The average Bonchev–Trinajstić information content (AvgIpc) is 2.27. The number of esters is 1. The SMILES string of the molecule is CCCCCCCCCC1(C)CCCC(=O)O1. The zero-order valence-electron chi connectivity index (χ0n) is 11.6. The number of cyclic esters (lactones) is 1. The maximum absolute atomic E-state index is 11.3. The number of ether oxygens (including phenoxy) is 1. The summed E-state index contributed by atoms with van der Waals surface area (Å²) in [4.78, 5) is 11.3. The van der Waals surface area contributed by atoms with E-state index in [9.17, 15) is 4.79 Å². The molecule has 100 valence electrons. The zero-order valence-corrected chi connectivity index (χ0v) is 11.6. The smallest absolute Gasteiger partial charge is 0.306 e. The highest BCUT2D eigenvalue weighted by Crippen LogP contribution is 2.30. The number of carbonyl (C=O) groups excluding carboxylic acids is 1. The predicted octanol–water partition coefficient (Wildman–Crippen LogP) is 4.61. The Balaban J connectivity index is 2.03. The second-order valence-electron chi connectivity index (χ2n) is 5.65. The quantitative estimate of drug-likeness (QED) is 0.457. The second kappa shape index (κ2) is 7.73. The van der Waals surface area contributed by atoms with E-state index in [0.717, 1.165) is 19.3 Å². The van der Waals surface area contributed by atoms with Crippen molar-refractivity contribution >= 4 is 5.97 Å². The van der Waals surface area contributed by atoms with Crippen molar-refractivity contribution in [2.24, 2.45) is 0 Å². The summed E-state index contributed by atoms with van der Waals surface area (Å²) in [5.74, 6) is 0.00157. The summed E-state index contributed by atoms with van der Waals surface area (Å²) in [5.41, 5.74) is -0.154. The summed E-state index contributed by atoms with van der Waals surface area (Å²) in [6.45, 7) is 4.35. The van der Waals surface area contributed by atoms with Gasteiger partial charge >= 0.3 is 5.97 Å². The van der Waals surface area contributed by atoms with Crippen molar-refractivity contribution in [3.05, 3.63) is 0 Å². The Bertz CT molecular complexity index is 225. The van der Waals surface area contributed by atoms with Gasteiger partial charge in [0.05, 0.1) is 0 Å². The Hall–Kier alpha value is -0.530. The predicted molar refractivity (Wildman–Crippen MR) is 71.0 cm³/mol. The molecule has 0 aromatic rings. The topological polar surface area (TPSA) is 26.3 Å². The molecule has 0 aliphatic carbocycles. The van der Waals surface area contributed by atoms with Crippen molar-refractivity contribution < 1.29 is 9.53 Å². The molecule has 0 aromatic carbocycles. The maximum Gasteiger partial charge on any atom is 0.306 e. The standard InChI is InChI=1S/C15H28O2/c1-3-4-5-6-7-8-9-12-15(2)13-10-11-14(16)17-15/h3-13H2,1-2H3. The summed E-state index contributed by atoms with van der Waals surface area (Å²) >= 11 is 0. The molecule has 1 fully saturated rings. The summed E-state index contributed by atoms with van der Waals surface area (Å²) in [5, 5.41) is 0. The van der Waals surface area contributed by atoms with Crippen LogP contribution in [-0.2, 0) is 9.53 Å². The molecule has 1 heterocycles. The van der Waals surface area contributed by atoms with Crippen molar-refractivity contribution in [2.75, 3.05) is 0 Å². The number of rotatable bonds is 8. The minimum atomic E-state index is -0.154. The Labute approximate surface area is 106 Å². The van der Waals surface area contributed by atoms with Crippen molar-refractivity contribution in [1.29, 1.82) is 0 Å². The van der Waals surface area contributed by atoms with Gasteiger partial charge in [-0.05, 0) is 32.6 Å². The van der Waals surface area contributed by atoms with Crippen LogP contribution in [0.15, 0.2) is 0 Å². The van der Waals surface area contributed by atoms with Gasteiger partial charge in [-0.3, -0.25) is 4.79 Å². The first kappa shape index (κ1) is 14.5. The number of hydrogen-bond donors (Lipinski definition) is 0. The van der Waals surface area contributed by atoms with Gasteiger partial charge in [0.2, 0.25) is 0 Å². The van der Waals surface area contributed by atoms with Crippen molar-refractivity contribution in [1.82, 2.24) is 0 Å². The van der Waals surface area contributed by atoms with Gasteiger partial charge in [-0.25, -0.2) is 0 Å². The lowest BCUT2D eigenvalue weighted by Crippen LogP contribution is -2.35. The first-order valence-corrected chi connectivity index (χ1v) is 7.38. The van der Waals surface area contributed by atoms with E-state index in [4.69, 9.17) is 4.74 Å². The molecule has 0 spiro atoms. The number of hydrogen-bond acceptors (Lipinski definition) is 2.